The Hall–Kier alpha value is -1.75. The van der Waals surface area contributed by atoms with Crippen molar-refractivity contribution in [3.05, 3.63) is 18.2 Å². The molecule has 1 amide bonds. The van der Waals surface area contributed by atoms with Crippen molar-refractivity contribution in [2.75, 3.05) is 18.7 Å². The number of fused-ring (bicyclic) bond motifs is 1. The van der Waals surface area contributed by atoms with Crippen LogP contribution in [0.4, 0.5) is 5.69 Å². The number of amides is 1. The lowest BCUT2D eigenvalue weighted by Crippen LogP contribution is -2.14. The van der Waals surface area contributed by atoms with Crippen LogP contribution in [-0.2, 0) is 4.79 Å². The van der Waals surface area contributed by atoms with Crippen molar-refractivity contribution in [2.45, 2.75) is 26.2 Å². The fourth-order valence-corrected chi connectivity index (χ4v) is 2.00. The van der Waals surface area contributed by atoms with Crippen molar-refractivity contribution in [3.63, 3.8) is 0 Å². The van der Waals surface area contributed by atoms with Gasteiger partial charge in [0.1, 0.15) is 0 Å². The zero-order valence-electron chi connectivity index (χ0n) is 11.1. The van der Waals surface area contributed by atoms with Gasteiger partial charge in [0.25, 0.3) is 0 Å². The fraction of sp³-hybridized carbons (Fsp3) is 0.500. The van der Waals surface area contributed by atoms with Crippen LogP contribution in [0.5, 0.6) is 11.5 Å². The molecule has 3 N–H and O–H groups in total. The second-order valence-corrected chi connectivity index (χ2v) is 4.84. The van der Waals surface area contributed by atoms with Crippen molar-refractivity contribution in [2.24, 2.45) is 11.7 Å². The molecule has 0 saturated heterocycles. The van der Waals surface area contributed by atoms with Crippen molar-refractivity contribution in [1.82, 2.24) is 0 Å². The maximum Gasteiger partial charge on any atom is 0.231 e. The molecule has 1 aromatic rings. The number of anilines is 1. The highest BCUT2D eigenvalue weighted by Gasteiger charge is 2.14. The smallest absolute Gasteiger partial charge is 0.231 e. The van der Waals surface area contributed by atoms with Gasteiger partial charge in [0.05, 0.1) is 0 Å². The van der Waals surface area contributed by atoms with Gasteiger partial charge in [0.2, 0.25) is 12.7 Å². The Kier molecular flexibility index (Phi) is 4.63. The van der Waals surface area contributed by atoms with Gasteiger partial charge in [-0.3, -0.25) is 4.79 Å². The van der Waals surface area contributed by atoms with Gasteiger partial charge >= 0.3 is 0 Å². The largest absolute Gasteiger partial charge is 0.454 e. The van der Waals surface area contributed by atoms with Crippen LogP contribution in [0.1, 0.15) is 26.2 Å². The zero-order valence-corrected chi connectivity index (χ0v) is 11.1. The van der Waals surface area contributed by atoms with Crippen LogP contribution in [0, 0.1) is 5.92 Å². The molecule has 0 radical (unpaired) electrons. The summed E-state index contributed by atoms with van der Waals surface area (Å²) in [5.41, 5.74) is 6.22. The van der Waals surface area contributed by atoms with Crippen LogP contribution in [0.3, 0.4) is 0 Å². The van der Waals surface area contributed by atoms with Gasteiger partial charge in [-0.05, 0) is 37.4 Å². The average Bonchev–Trinajstić information content (AvgIpc) is 2.84. The molecule has 5 nitrogen and oxygen atoms in total. The summed E-state index contributed by atoms with van der Waals surface area (Å²) < 4.78 is 10.5. The number of nitrogens with two attached hydrogens (primary N) is 1. The standard InChI is InChI=1S/C14H20N2O3/c1-10(6-7-15)2-5-14(17)16-11-3-4-12-13(8-11)19-9-18-12/h3-4,8,10H,2,5-7,9,15H2,1H3,(H,16,17). The van der Waals surface area contributed by atoms with E-state index in [9.17, 15) is 4.79 Å². The molecule has 0 aliphatic carbocycles. The Morgan fingerprint density at radius 1 is 1.37 bits per heavy atom. The second kappa shape index (κ2) is 6.43. The first-order valence-electron chi connectivity index (χ1n) is 6.58. The molecule has 2 rings (SSSR count). The number of ether oxygens (including phenoxy) is 2. The van der Waals surface area contributed by atoms with Gasteiger partial charge in [-0.2, -0.15) is 0 Å². The zero-order chi connectivity index (χ0) is 13.7. The summed E-state index contributed by atoms with van der Waals surface area (Å²) in [6.45, 7) is 3.02. The molecule has 1 aliphatic heterocycles. The van der Waals surface area contributed by atoms with E-state index >= 15 is 0 Å². The molecular weight excluding hydrogens is 244 g/mol. The first-order chi connectivity index (χ1) is 9.19. The van der Waals surface area contributed by atoms with E-state index in [1.54, 1.807) is 12.1 Å². The average molecular weight is 264 g/mol. The van der Waals surface area contributed by atoms with Crippen molar-refractivity contribution < 1.29 is 14.3 Å². The molecule has 104 valence electrons. The third-order valence-electron chi connectivity index (χ3n) is 3.18. The number of nitrogens with one attached hydrogen (secondary N) is 1. The SMILES string of the molecule is CC(CCN)CCC(=O)Nc1ccc2c(c1)OCO2. The number of rotatable bonds is 6. The van der Waals surface area contributed by atoms with Gasteiger partial charge in [0, 0.05) is 18.2 Å². The molecule has 0 spiro atoms. The number of carbonyl (C=O) groups excluding carboxylic acids is 1. The molecule has 0 saturated carbocycles. The molecule has 1 unspecified atom stereocenters. The monoisotopic (exact) mass is 264 g/mol. The Bertz CT molecular complexity index is 448. The van der Waals surface area contributed by atoms with Gasteiger partial charge < -0.3 is 20.5 Å². The highest BCUT2D eigenvalue weighted by molar-refractivity contribution is 5.91. The Labute approximate surface area is 113 Å². The normalized spacial score (nSPS) is 14.2. The van der Waals surface area contributed by atoms with Gasteiger partial charge in [0.15, 0.2) is 11.5 Å². The maximum atomic E-state index is 11.8. The van der Waals surface area contributed by atoms with Crippen molar-refractivity contribution in [1.29, 1.82) is 0 Å². The van der Waals surface area contributed by atoms with Crippen LogP contribution in [0.15, 0.2) is 18.2 Å². The second-order valence-electron chi connectivity index (χ2n) is 4.84. The summed E-state index contributed by atoms with van der Waals surface area (Å²) >= 11 is 0. The minimum absolute atomic E-state index is 0.0164. The summed E-state index contributed by atoms with van der Waals surface area (Å²) in [6.07, 6.45) is 2.32. The summed E-state index contributed by atoms with van der Waals surface area (Å²) in [5.74, 6) is 1.89. The first-order valence-corrected chi connectivity index (χ1v) is 6.58. The highest BCUT2D eigenvalue weighted by atomic mass is 16.7. The predicted octanol–water partition coefficient (Wildman–Crippen LogP) is 2.12. The van der Waals surface area contributed by atoms with Gasteiger partial charge in [-0.25, -0.2) is 0 Å². The van der Waals surface area contributed by atoms with E-state index < -0.39 is 0 Å². The van der Waals surface area contributed by atoms with E-state index in [2.05, 4.69) is 12.2 Å². The molecule has 1 aliphatic rings. The third-order valence-corrected chi connectivity index (χ3v) is 3.18. The van der Waals surface area contributed by atoms with Crippen molar-refractivity contribution in [3.8, 4) is 11.5 Å². The molecule has 19 heavy (non-hydrogen) atoms. The van der Waals surface area contributed by atoms with E-state index in [1.165, 1.54) is 0 Å². The molecule has 0 fully saturated rings. The fourth-order valence-electron chi connectivity index (χ4n) is 2.00. The summed E-state index contributed by atoms with van der Waals surface area (Å²) in [6, 6.07) is 5.40. The molecule has 1 aromatic carbocycles. The van der Waals surface area contributed by atoms with E-state index in [0.29, 0.717) is 24.6 Å². The number of benzene rings is 1. The molecule has 0 aromatic heterocycles. The Morgan fingerprint density at radius 3 is 2.95 bits per heavy atom. The molecule has 0 bridgehead atoms. The number of hydrogen-bond donors (Lipinski definition) is 2. The van der Waals surface area contributed by atoms with E-state index in [-0.39, 0.29) is 12.7 Å². The summed E-state index contributed by atoms with van der Waals surface area (Å²) in [5, 5.41) is 2.86. The van der Waals surface area contributed by atoms with Crippen LogP contribution < -0.4 is 20.5 Å². The third kappa shape index (κ3) is 3.86. The lowest BCUT2D eigenvalue weighted by molar-refractivity contribution is -0.116. The quantitative estimate of drug-likeness (QED) is 0.825. The lowest BCUT2D eigenvalue weighted by atomic mass is 10.0. The first kappa shape index (κ1) is 13.7. The molecule has 1 atom stereocenters. The number of carbonyl (C=O) groups is 1. The predicted molar refractivity (Wildman–Crippen MR) is 73.3 cm³/mol. The minimum Gasteiger partial charge on any atom is -0.454 e. The summed E-state index contributed by atoms with van der Waals surface area (Å²) in [4.78, 5) is 11.8. The van der Waals surface area contributed by atoms with Crippen LogP contribution in [0.25, 0.3) is 0 Å². The Balaban J connectivity index is 1.82. The summed E-state index contributed by atoms with van der Waals surface area (Å²) in [7, 11) is 0. The molecule has 5 heteroatoms. The van der Waals surface area contributed by atoms with Crippen LogP contribution in [0.2, 0.25) is 0 Å². The van der Waals surface area contributed by atoms with E-state index in [4.69, 9.17) is 15.2 Å². The molecule has 1 heterocycles. The maximum absolute atomic E-state index is 11.8. The Morgan fingerprint density at radius 2 is 2.16 bits per heavy atom. The van der Waals surface area contributed by atoms with Gasteiger partial charge in [-0.15, -0.1) is 0 Å². The van der Waals surface area contributed by atoms with E-state index in [1.807, 2.05) is 6.07 Å². The topological polar surface area (TPSA) is 73.6 Å². The number of hydrogen-bond acceptors (Lipinski definition) is 4. The molecular formula is C14H20N2O3. The highest BCUT2D eigenvalue weighted by Crippen LogP contribution is 2.34. The lowest BCUT2D eigenvalue weighted by Gasteiger charge is -2.10. The van der Waals surface area contributed by atoms with Crippen molar-refractivity contribution >= 4 is 11.6 Å². The van der Waals surface area contributed by atoms with E-state index in [0.717, 1.165) is 24.3 Å². The minimum atomic E-state index is 0.0164. The van der Waals surface area contributed by atoms with Crippen LogP contribution in [-0.4, -0.2) is 19.2 Å². The van der Waals surface area contributed by atoms with Crippen LogP contribution >= 0.6 is 0 Å². The van der Waals surface area contributed by atoms with Gasteiger partial charge in [-0.1, -0.05) is 6.92 Å².